The smallest absolute Gasteiger partial charge is 0.137 e. The van der Waals surface area contributed by atoms with Crippen LogP contribution < -0.4 is 0 Å². The Hall–Kier alpha value is -0.900. The molecule has 0 bridgehead atoms. The molecule has 0 aliphatic rings. The number of nitrogens with zero attached hydrogens (tertiary/aromatic N) is 2. The van der Waals surface area contributed by atoms with Crippen LogP contribution in [0.3, 0.4) is 0 Å². The molecule has 1 aromatic heterocycles. The Kier molecular flexibility index (Phi) is 7.37. The summed E-state index contributed by atoms with van der Waals surface area (Å²) < 4.78 is 4.83. The van der Waals surface area contributed by atoms with Crippen molar-refractivity contribution >= 4 is 0 Å². The number of hydrogen-bond donors (Lipinski definition) is 1. The third kappa shape index (κ3) is 7.10. The predicted octanol–water partition coefficient (Wildman–Crippen LogP) is 0.847. The maximum atomic E-state index is 4.83. The lowest BCUT2D eigenvalue weighted by Gasteiger charge is -1.86. The molecule has 0 spiro atoms. The van der Waals surface area contributed by atoms with Crippen molar-refractivity contribution in [1.29, 1.82) is 0 Å². The van der Waals surface area contributed by atoms with E-state index in [1.165, 1.54) is 12.7 Å². The minimum Gasteiger partial charge on any atom is -0.382 e. The standard InChI is InChI=1S/C4H10O.C2H3N3/c1-3-5-4-2;1-3-2-5-4-1/h3-4H2,1-2H3;1-2H,(H,3,4,5). The number of rotatable bonds is 2. The first-order valence-corrected chi connectivity index (χ1v) is 3.28. The van der Waals surface area contributed by atoms with Crippen LogP contribution in [0.4, 0.5) is 0 Å². The van der Waals surface area contributed by atoms with E-state index in [1.54, 1.807) is 0 Å². The molecular weight excluding hydrogens is 130 g/mol. The van der Waals surface area contributed by atoms with Crippen molar-refractivity contribution in [2.75, 3.05) is 13.2 Å². The van der Waals surface area contributed by atoms with Crippen molar-refractivity contribution in [3.8, 4) is 0 Å². The molecule has 0 saturated heterocycles. The van der Waals surface area contributed by atoms with Crippen molar-refractivity contribution in [3.63, 3.8) is 0 Å². The Morgan fingerprint density at radius 2 is 2.10 bits per heavy atom. The molecule has 58 valence electrons. The van der Waals surface area contributed by atoms with Crippen LogP contribution in [0.25, 0.3) is 0 Å². The highest BCUT2D eigenvalue weighted by molar-refractivity contribution is 4.43. The summed E-state index contributed by atoms with van der Waals surface area (Å²) in [5, 5.41) is 5.99. The third-order valence-corrected chi connectivity index (χ3v) is 0.739. The second kappa shape index (κ2) is 8.10. The molecule has 0 aromatic carbocycles. The quantitative estimate of drug-likeness (QED) is 0.667. The van der Waals surface area contributed by atoms with Crippen LogP contribution in [0.15, 0.2) is 12.7 Å². The zero-order valence-electron chi connectivity index (χ0n) is 6.37. The summed E-state index contributed by atoms with van der Waals surface area (Å²) in [6, 6.07) is 0. The van der Waals surface area contributed by atoms with Crippen LogP contribution in [-0.2, 0) is 4.74 Å². The molecule has 0 saturated carbocycles. The molecule has 10 heavy (non-hydrogen) atoms. The number of nitrogens with one attached hydrogen (secondary N) is 1. The van der Waals surface area contributed by atoms with Crippen LogP contribution in [-0.4, -0.2) is 28.4 Å². The van der Waals surface area contributed by atoms with Crippen LogP contribution >= 0.6 is 0 Å². The lowest BCUT2D eigenvalue weighted by atomic mass is 10.8. The van der Waals surface area contributed by atoms with Gasteiger partial charge in [-0.1, -0.05) is 0 Å². The fourth-order valence-electron chi connectivity index (χ4n) is 0.371. The zero-order chi connectivity index (χ0) is 7.66. The number of aromatic nitrogens is 3. The Bertz CT molecular complexity index is 99.3. The zero-order valence-corrected chi connectivity index (χ0v) is 6.37. The normalized spacial score (nSPS) is 8.20. The number of ether oxygens (including phenoxy) is 1. The Labute approximate surface area is 60.6 Å². The molecule has 0 radical (unpaired) electrons. The van der Waals surface area contributed by atoms with Crippen LogP contribution in [0.1, 0.15) is 13.8 Å². The summed E-state index contributed by atoms with van der Waals surface area (Å²) in [7, 11) is 0. The summed E-state index contributed by atoms with van der Waals surface area (Å²) in [5.41, 5.74) is 0. The van der Waals surface area contributed by atoms with Gasteiger partial charge in [0.1, 0.15) is 12.7 Å². The molecule has 0 atom stereocenters. The first-order chi connectivity index (χ1) is 4.91. The highest BCUT2D eigenvalue weighted by Gasteiger charge is 1.64. The van der Waals surface area contributed by atoms with E-state index in [1.807, 2.05) is 13.8 Å². The first-order valence-electron chi connectivity index (χ1n) is 3.28. The number of hydrogen-bond acceptors (Lipinski definition) is 3. The predicted molar refractivity (Wildman–Crippen MR) is 38.5 cm³/mol. The molecule has 0 fully saturated rings. The molecule has 4 nitrogen and oxygen atoms in total. The topological polar surface area (TPSA) is 50.8 Å². The van der Waals surface area contributed by atoms with Gasteiger partial charge in [-0.25, -0.2) is 4.98 Å². The summed E-state index contributed by atoms with van der Waals surface area (Å²) in [6.45, 7) is 5.67. The Morgan fingerprint density at radius 1 is 1.40 bits per heavy atom. The van der Waals surface area contributed by atoms with E-state index in [0.29, 0.717) is 0 Å². The highest BCUT2D eigenvalue weighted by atomic mass is 16.5. The molecule has 4 heteroatoms. The van der Waals surface area contributed by atoms with Crippen LogP contribution in [0.2, 0.25) is 0 Å². The lowest BCUT2D eigenvalue weighted by Crippen LogP contribution is -1.84. The fraction of sp³-hybridized carbons (Fsp3) is 0.667. The number of H-pyrrole nitrogens is 1. The summed E-state index contributed by atoms with van der Waals surface area (Å²) in [5.74, 6) is 0. The lowest BCUT2D eigenvalue weighted by molar-refractivity contribution is 0.162. The SMILES string of the molecule is CCOCC.c1nc[nH]n1. The Balaban J connectivity index is 0.000000162. The van der Waals surface area contributed by atoms with Gasteiger partial charge in [-0.2, -0.15) is 5.10 Å². The molecule has 0 amide bonds. The maximum Gasteiger partial charge on any atom is 0.137 e. The molecule has 0 aliphatic carbocycles. The van der Waals surface area contributed by atoms with Crippen molar-refractivity contribution in [2.24, 2.45) is 0 Å². The van der Waals surface area contributed by atoms with Crippen molar-refractivity contribution in [3.05, 3.63) is 12.7 Å². The van der Waals surface area contributed by atoms with Gasteiger partial charge >= 0.3 is 0 Å². The maximum absolute atomic E-state index is 4.83. The second-order valence-electron chi connectivity index (χ2n) is 1.43. The van der Waals surface area contributed by atoms with Crippen molar-refractivity contribution < 1.29 is 4.74 Å². The average molecular weight is 143 g/mol. The second-order valence-corrected chi connectivity index (χ2v) is 1.43. The van der Waals surface area contributed by atoms with E-state index in [4.69, 9.17) is 4.74 Å². The van der Waals surface area contributed by atoms with Gasteiger partial charge < -0.3 is 4.74 Å². The Morgan fingerprint density at radius 3 is 2.20 bits per heavy atom. The number of aromatic amines is 1. The van der Waals surface area contributed by atoms with Crippen molar-refractivity contribution in [2.45, 2.75) is 13.8 Å². The minimum absolute atomic E-state index is 0.844. The highest BCUT2D eigenvalue weighted by Crippen LogP contribution is 1.64. The first kappa shape index (κ1) is 9.10. The summed E-state index contributed by atoms with van der Waals surface area (Å²) >= 11 is 0. The molecule has 0 aliphatic heterocycles. The van der Waals surface area contributed by atoms with Crippen molar-refractivity contribution in [1.82, 2.24) is 15.2 Å². The molecular formula is C6H13N3O. The molecule has 1 rings (SSSR count). The van der Waals surface area contributed by atoms with E-state index >= 15 is 0 Å². The van der Waals surface area contributed by atoms with Gasteiger partial charge in [0.2, 0.25) is 0 Å². The summed E-state index contributed by atoms with van der Waals surface area (Å²) in [4.78, 5) is 3.56. The van der Waals surface area contributed by atoms with Gasteiger partial charge in [0.15, 0.2) is 0 Å². The molecule has 0 unspecified atom stereocenters. The fourth-order valence-corrected chi connectivity index (χ4v) is 0.371. The van der Waals surface area contributed by atoms with Gasteiger partial charge in [-0.05, 0) is 13.8 Å². The van der Waals surface area contributed by atoms with Gasteiger partial charge in [0.05, 0.1) is 0 Å². The van der Waals surface area contributed by atoms with Crippen LogP contribution in [0, 0.1) is 0 Å². The molecule has 1 heterocycles. The van der Waals surface area contributed by atoms with Gasteiger partial charge in [-0.3, -0.25) is 5.10 Å². The van der Waals surface area contributed by atoms with E-state index in [-0.39, 0.29) is 0 Å². The molecule has 1 aromatic rings. The van der Waals surface area contributed by atoms with E-state index < -0.39 is 0 Å². The monoisotopic (exact) mass is 143 g/mol. The third-order valence-electron chi connectivity index (χ3n) is 0.739. The average Bonchev–Trinajstić information content (AvgIpc) is 2.44. The van der Waals surface area contributed by atoms with E-state index in [2.05, 4.69) is 15.2 Å². The largest absolute Gasteiger partial charge is 0.382 e. The minimum atomic E-state index is 0.844. The van der Waals surface area contributed by atoms with Gasteiger partial charge in [0, 0.05) is 13.2 Å². The van der Waals surface area contributed by atoms with E-state index in [9.17, 15) is 0 Å². The van der Waals surface area contributed by atoms with E-state index in [0.717, 1.165) is 13.2 Å². The van der Waals surface area contributed by atoms with Gasteiger partial charge in [-0.15, -0.1) is 0 Å². The van der Waals surface area contributed by atoms with Gasteiger partial charge in [0.25, 0.3) is 0 Å². The van der Waals surface area contributed by atoms with Crippen LogP contribution in [0.5, 0.6) is 0 Å². The summed E-state index contributed by atoms with van der Waals surface area (Å²) in [6.07, 6.45) is 2.96. The molecule has 1 N–H and O–H groups in total.